The van der Waals surface area contributed by atoms with Crippen molar-refractivity contribution >= 4 is 34.2 Å². The summed E-state index contributed by atoms with van der Waals surface area (Å²) in [5.74, 6) is -0.803. The van der Waals surface area contributed by atoms with Crippen LogP contribution in [0.1, 0.15) is 21.5 Å². The predicted octanol–water partition coefficient (Wildman–Crippen LogP) is 2.81. The van der Waals surface area contributed by atoms with Crippen molar-refractivity contribution in [3.05, 3.63) is 77.4 Å². The Bertz CT molecular complexity index is 1070. The van der Waals surface area contributed by atoms with Crippen molar-refractivity contribution in [2.45, 2.75) is 13.3 Å². The van der Waals surface area contributed by atoms with E-state index in [1.54, 1.807) is 32.2 Å². The molecule has 0 aliphatic rings. The molecule has 6 heteroatoms. The summed E-state index contributed by atoms with van der Waals surface area (Å²) in [4.78, 5) is 36.4. The number of hydrogen-bond acceptors (Lipinski definition) is 3. The summed E-state index contributed by atoms with van der Waals surface area (Å²) in [7, 11) is 1.55. The molecule has 0 saturated heterocycles. The van der Waals surface area contributed by atoms with E-state index < -0.39 is 0 Å². The largest absolute Gasteiger partial charge is 0.355 e. The lowest BCUT2D eigenvalue weighted by molar-refractivity contribution is -0.123. The fourth-order valence-electron chi connectivity index (χ4n) is 3.21. The minimum Gasteiger partial charge on any atom is -0.355 e. The normalized spacial score (nSPS) is 10.4. The number of carbonyl (C=O) groups excluding carboxylic acids is 3. The van der Waals surface area contributed by atoms with E-state index >= 15 is 0 Å². The molecule has 0 bridgehead atoms. The SMILES string of the molecule is CNC(=O)c1cccc(NC(=O)CNC(=O)Cc2cccc3ccccc23)c1C. The van der Waals surface area contributed by atoms with Crippen LogP contribution < -0.4 is 16.0 Å². The molecule has 148 valence electrons. The minimum atomic E-state index is -0.353. The van der Waals surface area contributed by atoms with E-state index in [2.05, 4.69) is 16.0 Å². The average Bonchev–Trinajstić information content (AvgIpc) is 2.73. The van der Waals surface area contributed by atoms with Crippen molar-refractivity contribution in [3.63, 3.8) is 0 Å². The third kappa shape index (κ3) is 4.79. The highest BCUT2D eigenvalue weighted by atomic mass is 16.2. The van der Waals surface area contributed by atoms with Crippen molar-refractivity contribution < 1.29 is 14.4 Å². The molecule has 3 aromatic rings. The molecule has 0 saturated carbocycles. The van der Waals surface area contributed by atoms with Crippen LogP contribution in [0.5, 0.6) is 0 Å². The van der Waals surface area contributed by atoms with Gasteiger partial charge in [-0.25, -0.2) is 0 Å². The number of amides is 3. The summed E-state index contributed by atoms with van der Waals surface area (Å²) >= 11 is 0. The van der Waals surface area contributed by atoms with Crippen LogP contribution >= 0.6 is 0 Å². The molecule has 0 unspecified atom stereocenters. The maximum atomic E-state index is 12.3. The highest BCUT2D eigenvalue weighted by Crippen LogP contribution is 2.20. The second-order valence-corrected chi connectivity index (χ2v) is 6.70. The van der Waals surface area contributed by atoms with E-state index in [0.717, 1.165) is 16.3 Å². The standard InChI is InChI=1S/C23H23N3O3/c1-15-18(23(29)24-2)11-6-12-20(15)26-22(28)14-25-21(27)13-17-9-5-8-16-7-3-4-10-19(16)17/h3-12H,13-14H2,1-2H3,(H,24,29)(H,25,27)(H,26,28). The molecular weight excluding hydrogens is 366 g/mol. The highest BCUT2D eigenvalue weighted by molar-refractivity contribution is 6.00. The van der Waals surface area contributed by atoms with E-state index in [1.807, 2.05) is 42.5 Å². The van der Waals surface area contributed by atoms with Gasteiger partial charge in [0.25, 0.3) is 5.91 Å². The van der Waals surface area contributed by atoms with E-state index in [0.29, 0.717) is 16.8 Å². The minimum absolute atomic E-state index is 0.146. The van der Waals surface area contributed by atoms with Gasteiger partial charge in [-0.05, 0) is 41.0 Å². The molecule has 3 aromatic carbocycles. The average molecular weight is 389 g/mol. The maximum Gasteiger partial charge on any atom is 0.251 e. The van der Waals surface area contributed by atoms with Gasteiger partial charge in [0.15, 0.2) is 0 Å². The van der Waals surface area contributed by atoms with Crippen molar-refractivity contribution in [1.82, 2.24) is 10.6 Å². The first kappa shape index (κ1) is 20.1. The Hall–Kier alpha value is -3.67. The molecule has 0 aromatic heterocycles. The first-order valence-corrected chi connectivity index (χ1v) is 9.34. The number of anilines is 1. The summed E-state index contributed by atoms with van der Waals surface area (Å²) < 4.78 is 0. The van der Waals surface area contributed by atoms with Gasteiger partial charge in [0, 0.05) is 18.3 Å². The molecule has 3 N–H and O–H groups in total. The quantitative estimate of drug-likeness (QED) is 0.606. The van der Waals surface area contributed by atoms with Gasteiger partial charge in [0.05, 0.1) is 13.0 Å². The zero-order valence-corrected chi connectivity index (χ0v) is 16.4. The van der Waals surface area contributed by atoms with Crippen LogP contribution in [0.15, 0.2) is 60.7 Å². The third-order valence-corrected chi connectivity index (χ3v) is 4.76. The zero-order chi connectivity index (χ0) is 20.8. The molecule has 6 nitrogen and oxygen atoms in total. The van der Waals surface area contributed by atoms with Gasteiger partial charge in [-0.2, -0.15) is 0 Å². The van der Waals surface area contributed by atoms with Gasteiger partial charge in [-0.1, -0.05) is 48.5 Å². The van der Waals surface area contributed by atoms with Gasteiger partial charge >= 0.3 is 0 Å². The van der Waals surface area contributed by atoms with Gasteiger partial charge in [-0.3, -0.25) is 14.4 Å². The lowest BCUT2D eigenvalue weighted by atomic mass is 10.0. The van der Waals surface area contributed by atoms with Crippen molar-refractivity contribution in [2.24, 2.45) is 0 Å². The lowest BCUT2D eigenvalue weighted by Crippen LogP contribution is -2.34. The van der Waals surface area contributed by atoms with E-state index in [4.69, 9.17) is 0 Å². The molecule has 3 amide bonds. The fourth-order valence-corrected chi connectivity index (χ4v) is 3.21. The zero-order valence-electron chi connectivity index (χ0n) is 16.4. The molecule has 0 heterocycles. The number of benzene rings is 3. The molecule has 0 atom stereocenters. The molecule has 0 spiro atoms. The molecular formula is C23H23N3O3. The first-order valence-electron chi connectivity index (χ1n) is 9.34. The highest BCUT2D eigenvalue weighted by Gasteiger charge is 2.13. The number of nitrogens with one attached hydrogen (secondary N) is 3. The summed E-state index contributed by atoms with van der Waals surface area (Å²) in [6, 6.07) is 18.8. The van der Waals surface area contributed by atoms with Crippen molar-refractivity contribution in [1.29, 1.82) is 0 Å². The van der Waals surface area contributed by atoms with Gasteiger partial charge in [0.1, 0.15) is 0 Å². The van der Waals surface area contributed by atoms with E-state index in [1.165, 1.54) is 0 Å². The van der Waals surface area contributed by atoms with Crippen molar-refractivity contribution in [3.8, 4) is 0 Å². The fraction of sp³-hybridized carbons (Fsp3) is 0.174. The van der Waals surface area contributed by atoms with Crippen LogP contribution in [0.25, 0.3) is 10.8 Å². The van der Waals surface area contributed by atoms with Gasteiger partial charge < -0.3 is 16.0 Å². The summed E-state index contributed by atoms with van der Waals surface area (Å²) in [6.07, 6.45) is 0.194. The van der Waals surface area contributed by atoms with Crippen LogP contribution in [-0.4, -0.2) is 31.3 Å². The van der Waals surface area contributed by atoms with Gasteiger partial charge in [-0.15, -0.1) is 0 Å². The second kappa shape index (κ2) is 9.01. The number of carbonyl (C=O) groups is 3. The number of hydrogen-bond donors (Lipinski definition) is 3. The van der Waals surface area contributed by atoms with Crippen LogP contribution in [0, 0.1) is 6.92 Å². The lowest BCUT2D eigenvalue weighted by Gasteiger charge is -2.12. The van der Waals surface area contributed by atoms with Crippen LogP contribution in [-0.2, 0) is 16.0 Å². The van der Waals surface area contributed by atoms with E-state index in [9.17, 15) is 14.4 Å². The summed E-state index contributed by atoms with van der Waals surface area (Å²) in [5.41, 5.74) is 2.61. The molecule has 0 aliphatic heterocycles. The number of rotatable bonds is 6. The Morgan fingerprint density at radius 2 is 1.59 bits per heavy atom. The molecule has 0 fully saturated rings. The van der Waals surface area contributed by atoms with Crippen LogP contribution in [0.3, 0.4) is 0 Å². The number of fused-ring (bicyclic) bond motifs is 1. The maximum absolute atomic E-state index is 12.3. The third-order valence-electron chi connectivity index (χ3n) is 4.76. The molecule has 0 radical (unpaired) electrons. The molecule has 29 heavy (non-hydrogen) atoms. The van der Waals surface area contributed by atoms with Gasteiger partial charge in [0.2, 0.25) is 11.8 Å². The Kier molecular flexibility index (Phi) is 6.24. The smallest absolute Gasteiger partial charge is 0.251 e. The first-order chi connectivity index (χ1) is 14.0. The Labute approximate surface area is 169 Å². The topological polar surface area (TPSA) is 87.3 Å². The van der Waals surface area contributed by atoms with Crippen LogP contribution in [0.4, 0.5) is 5.69 Å². The van der Waals surface area contributed by atoms with E-state index in [-0.39, 0.29) is 30.7 Å². The Morgan fingerprint density at radius 3 is 2.38 bits per heavy atom. The van der Waals surface area contributed by atoms with Crippen LogP contribution in [0.2, 0.25) is 0 Å². The Balaban J connectivity index is 1.60. The molecule has 0 aliphatic carbocycles. The molecule has 3 rings (SSSR count). The van der Waals surface area contributed by atoms with Crippen molar-refractivity contribution in [2.75, 3.05) is 18.9 Å². The second-order valence-electron chi connectivity index (χ2n) is 6.70. The predicted molar refractivity (Wildman–Crippen MR) is 114 cm³/mol. The summed E-state index contributed by atoms with van der Waals surface area (Å²) in [5, 5.41) is 10.1. The monoisotopic (exact) mass is 389 g/mol. The summed E-state index contributed by atoms with van der Waals surface area (Å²) in [6.45, 7) is 1.62. The Morgan fingerprint density at radius 1 is 0.862 bits per heavy atom.